The number of benzene rings is 1. The number of aryl methyl sites for hydroxylation is 1. The lowest BCUT2D eigenvalue weighted by molar-refractivity contribution is 0.0692. The Hall–Kier alpha value is -1.88. The van der Waals surface area contributed by atoms with Crippen molar-refractivity contribution in [3.8, 4) is 16.2 Å². The van der Waals surface area contributed by atoms with Gasteiger partial charge >= 0.3 is 5.97 Å². The second-order valence-corrected chi connectivity index (χ2v) is 5.61. The highest BCUT2D eigenvalue weighted by Crippen LogP contribution is 2.31. The number of carbonyl (C=O) groups is 1. The summed E-state index contributed by atoms with van der Waals surface area (Å²) in [5, 5.41) is 9.88. The lowest BCUT2D eigenvalue weighted by Crippen LogP contribution is -2.05. The Balaban J connectivity index is 2.34. The van der Waals surface area contributed by atoms with Gasteiger partial charge < -0.3 is 9.84 Å². The molecule has 1 aromatic heterocycles. The Bertz CT molecular complexity index is 587. The number of nitrogens with zero attached hydrogens (tertiary/aromatic N) is 1. The summed E-state index contributed by atoms with van der Waals surface area (Å²) in [5.41, 5.74) is 0.958. The highest BCUT2D eigenvalue weighted by molar-refractivity contribution is 7.15. The highest BCUT2D eigenvalue weighted by Gasteiger charge is 2.17. The topological polar surface area (TPSA) is 59.4 Å². The molecule has 5 heteroatoms. The molecule has 2 rings (SSSR count). The van der Waals surface area contributed by atoms with Crippen LogP contribution in [0.3, 0.4) is 0 Å². The maximum atomic E-state index is 11.1. The second kappa shape index (κ2) is 5.40. The lowest BCUT2D eigenvalue weighted by Gasteiger charge is -2.09. The van der Waals surface area contributed by atoms with Gasteiger partial charge in [-0.15, -0.1) is 11.3 Å². The van der Waals surface area contributed by atoms with E-state index in [1.165, 1.54) is 11.3 Å². The van der Waals surface area contributed by atoms with Crippen molar-refractivity contribution >= 4 is 17.3 Å². The van der Waals surface area contributed by atoms with Crippen LogP contribution in [-0.2, 0) is 0 Å². The molecule has 0 aliphatic rings. The van der Waals surface area contributed by atoms with Gasteiger partial charge in [0.05, 0.1) is 16.0 Å². The summed E-state index contributed by atoms with van der Waals surface area (Å²) in [6.45, 7) is 5.73. The van der Waals surface area contributed by atoms with Crippen molar-refractivity contribution in [3.05, 3.63) is 35.0 Å². The maximum absolute atomic E-state index is 11.1. The summed E-state index contributed by atoms with van der Waals surface area (Å²) >= 11 is 1.38. The van der Waals surface area contributed by atoms with Gasteiger partial charge in [-0.05, 0) is 50.6 Å². The minimum absolute atomic E-state index is 0.111. The molecule has 1 aromatic carbocycles. The number of carboxylic acid groups (broad SMARTS) is 1. The van der Waals surface area contributed by atoms with E-state index >= 15 is 0 Å². The van der Waals surface area contributed by atoms with Crippen LogP contribution < -0.4 is 4.74 Å². The van der Waals surface area contributed by atoms with Crippen LogP contribution in [0.4, 0.5) is 0 Å². The van der Waals surface area contributed by atoms with E-state index in [2.05, 4.69) is 4.98 Å². The number of carboxylic acids is 1. The Morgan fingerprint density at radius 3 is 2.47 bits per heavy atom. The number of hydrogen-bond acceptors (Lipinski definition) is 4. The summed E-state index contributed by atoms with van der Waals surface area (Å²) in [4.78, 5) is 15.9. The van der Waals surface area contributed by atoms with Crippen molar-refractivity contribution in [1.29, 1.82) is 0 Å². The van der Waals surface area contributed by atoms with Gasteiger partial charge in [-0.1, -0.05) is 0 Å². The molecule has 2 aromatic rings. The molecule has 0 saturated carbocycles. The lowest BCUT2D eigenvalue weighted by atomic mass is 10.1. The fourth-order valence-corrected chi connectivity index (χ4v) is 2.64. The van der Waals surface area contributed by atoms with E-state index in [0.717, 1.165) is 16.3 Å². The van der Waals surface area contributed by atoms with Gasteiger partial charge in [0.2, 0.25) is 0 Å². The van der Waals surface area contributed by atoms with Gasteiger partial charge in [0.15, 0.2) is 5.69 Å². The first-order valence-electron chi connectivity index (χ1n) is 5.95. The third-order valence-electron chi connectivity index (χ3n) is 2.42. The number of thiazole rings is 1. The zero-order valence-corrected chi connectivity index (χ0v) is 11.8. The van der Waals surface area contributed by atoms with Crippen LogP contribution in [-0.4, -0.2) is 22.2 Å². The van der Waals surface area contributed by atoms with Gasteiger partial charge in [0.25, 0.3) is 0 Å². The molecule has 0 aliphatic heterocycles. The van der Waals surface area contributed by atoms with Crippen LogP contribution in [0, 0.1) is 6.92 Å². The Morgan fingerprint density at radius 1 is 1.32 bits per heavy atom. The van der Waals surface area contributed by atoms with Crippen LogP contribution in [0.2, 0.25) is 0 Å². The molecular formula is C14H15NO3S. The van der Waals surface area contributed by atoms with Gasteiger partial charge in [0.1, 0.15) is 5.75 Å². The summed E-state index contributed by atoms with van der Waals surface area (Å²) in [5.74, 6) is -0.223. The number of aromatic nitrogens is 1. The van der Waals surface area contributed by atoms with Gasteiger partial charge in [0, 0.05) is 0 Å². The van der Waals surface area contributed by atoms with E-state index in [1.54, 1.807) is 6.92 Å². The number of ether oxygens (including phenoxy) is 1. The zero-order valence-electron chi connectivity index (χ0n) is 11.0. The van der Waals surface area contributed by atoms with Gasteiger partial charge in [-0.3, -0.25) is 0 Å². The van der Waals surface area contributed by atoms with Crippen molar-refractivity contribution in [2.75, 3.05) is 0 Å². The second-order valence-electron chi connectivity index (χ2n) is 4.41. The van der Waals surface area contributed by atoms with Crippen LogP contribution in [0.15, 0.2) is 24.3 Å². The third kappa shape index (κ3) is 3.12. The quantitative estimate of drug-likeness (QED) is 0.927. The molecule has 0 aliphatic carbocycles. The average Bonchev–Trinajstić information content (AvgIpc) is 2.72. The average molecular weight is 277 g/mol. The first kappa shape index (κ1) is 13.5. The molecule has 19 heavy (non-hydrogen) atoms. The monoisotopic (exact) mass is 277 g/mol. The number of rotatable bonds is 4. The first-order chi connectivity index (χ1) is 8.97. The van der Waals surface area contributed by atoms with Gasteiger partial charge in [-0.25, -0.2) is 9.78 Å². The van der Waals surface area contributed by atoms with Crippen molar-refractivity contribution < 1.29 is 14.6 Å². The molecule has 0 radical (unpaired) electrons. The summed E-state index contributed by atoms with van der Waals surface area (Å²) in [7, 11) is 0. The Labute approximate surface area is 115 Å². The molecule has 1 N–H and O–H groups in total. The standard InChI is InChI=1S/C14H15NO3S/c1-8(2)18-11-6-4-10(5-7-11)13-12(14(16)17)15-9(3)19-13/h4-8H,1-3H3,(H,16,17). The minimum Gasteiger partial charge on any atom is -0.491 e. The summed E-state index contributed by atoms with van der Waals surface area (Å²) in [6, 6.07) is 7.40. The molecule has 0 fully saturated rings. The molecular weight excluding hydrogens is 262 g/mol. The fourth-order valence-electron chi connectivity index (χ4n) is 1.72. The molecule has 1 heterocycles. The van der Waals surface area contributed by atoms with Crippen molar-refractivity contribution in [2.45, 2.75) is 26.9 Å². The van der Waals surface area contributed by atoms with Crippen LogP contribution in [0.5, 0.6) is 5.75 Å². The van der Waals surface area contributed by atoms with Crippen molar-refractivity contribution in [3.63, 3.8) is 0 Å². The zero-order chi connectivity index (χ0) is 14.0. The van der Waals surface area contributed by atoms with E-state index in [4.69, 9.17) is 9.84 Å². The Morgan fingerprint density at radius 2 is 1.95 bits per heavy atom. The molecule has 0 bridgehead atoms. The van der Waals surface area contributed by atoms with Crippen LogP contribution in [0.25, 0.3) is 10.4 Å². The smallest absolute Gasteiger partial charge is 0.356 e. The predicted octanol–water partition coefficient (Wildman–Crippen LogP) is 3.60. The van der Waals surface area contributed by atoms with Crippen LogP contribution in [0.1, 0.15) is 29.3 Å². The SMILES string of the molecule is Cc1nc(C(=O)O)c(-c2ccc(OC(C)C)cc2)s1. The van der Waals surface area contributed by atoms with Crippen molar-refractivity contribution in [1.82, 2.24) is 4.98 Å². The summed E-state index contributed by atoms with van der Waals surface area (Å²) in [6.07, 6.45) is 0.117. The van der Waals surface area contributed by atoms with Crippen LogP contribution >= 0.6 is 11.3 Å². The van der Waals surface area contributed by atoms with E-state index in [9.17, 15) is 4.79 Å². The molecule has 0 saturated heterocycles. The van der Waals surface area contributed by atoms with E-state index in [0.29, 0.717) is 4.88 Å². The number of hydrogen-bond donors (Lipinski definition) is 1. The first-order valence-corrected chi connectivity index (χ1v) is 6.77. The van der Waals surface area contributed by atoms with E-state index in [1.807, 2.05) is 38.1 Å². The normalized spacial score (nSPS) is 10.7. The molecule has 100 valence electrons. The Kier molecular flexibility index (Phi) is 3.85. The predicted molar refractivity (Wildman–Crippen MR) is 75.0 cm³/mol. The third-order valence-corrected chi connectivity index (χ3v) is 3.44. The molecule has 4 nitrogen and oxygen atoms in total. The molecule has 0 atom stereocenters. The molecule has 0 spiro atoms. The van der Waals surface area contributed by atoms with Gasteiger partial charge in [-0.2, -0.15) is 0 Å². The molecule has 0 unspecified atom stereocenters. The largest absolute Gasteiger partial charge is 0.491 e. The highest BCUT2D eigenvalue weighted by atomic mass is 32.1. The summed E-state index contributed by atoms with van der Waals surface area (Å²) < 4.78 is 5.56. The molecule has 0 amide bonds. The van der Waals surface area contributed by atoms with E-state index in [-0.39, 0.29) is 11.8 Å². The maximum Gasteiger partial charge on any atom is 0.356 e. The number of aromatic carboxylic acids is 1. The van der Waals surface area contributed by atoms with Crippen molar-refractivity contribution in [2.24, 2.45) is 0 Å². The van der Waals surface area contributed by atoms with E-state index < -0.39 is 5.97 Å². The fraction of sp³-hybridized carbons (Fsp3) is 0.286. The minimum atomic E-state index is -0.998.